The van der Waals surface area contributed by atoms with E-state index >= 15 is 0 Å². The van der Waals surface area contributed by atoms with Crippen molar-refractivity contribution in [3.05, 3.63) is 35.4 Å². The van der Waals surface area contributed by atoms with Crippen molar-refractivity contribution in [2.75, 3.05) is 13.7 Å². The minimum Gasteiger partial charge on any atom is -0.465 e. The van der Waals surface area contributed by atoms with Gasteiger partial charge in [-0.3, -0.25) is 0 Å². The lowest BCUT2D eigenvalue weighted by atomic mass is 9.98. The summed E-state index contributed by atoms with van der Waals surface area (Å²) in [6.45, 7) is 0.766. The fourth-order valence-electron chi connectivity index (χ4n) is 2.50. The van der Waals surface area contributed by atoms with Crippen molar-refractivity contribution < 1.29 is 14.3 Å². The summed E-state index contributed by atoms with van der Waals surface area (Å²) >= 11 is 0. The molecule has 1 aromatic carbocycles. The molecule has 104 valence electrons. The third kappa shape index (κ3) is 4.35. The summed E-state index contributed by atoms with van der Waals surface area (Å²) in [5.74, 6) is -0.287. The van der Waals surface area contributed by atoms with Crippen LogP contribution in [0.1, 0.15) is 48.0 Å². The number of hydrogen-bond acceptors (Lipinski definition) is 3. The molecule has 0 spiro atoms. The van der Waals surface area contributed by atoms with E-state index in [1.165, 1.54) is 44.8 Å². The summed E-state index contributed by atoms with van der Waals surface area (Å²) in [4.78, 5) is 11.3. The van der Waals surface area contributed by atoms with Gasteiger partial charge in [0.15, 0.2) is 0 Å². The van der Waals surface area contributed by atoms with E-state index in [0.29, 0.717) is 11.7 Å². The molecule has 0 atom stereocenters. The lowest BCUT2D eigenvalue weighted by molar-refractivity contribution is 0.0303. The SMILES string of the molecule is COC(=O)c1ccc(CCOC2CCCCC2)cc1. The van der Waals surface area contributed by atoms with E-state index in [9.17, 15) is 4.79 Å². The van der Waals surface area contributed by atoms with Gasteiger partial charge >= 0.3 is 5.97 Å². The largest absolute Gasteiger partial charge is 0.465 e. The Kier molecular flexibility index (Phi) is 5.40. The van der Waals surface area contributed by atoms with E-state index in [2.05, 4.69) is 4.74 Å². The zero-order valence-electron chi connectivity index (χ0n) is 11.6. The van der Waals surface area contributed by atoms with Gasteiger partial charge < -0.3 is 9.47 Å². The Balaban J connectivity index is 1.75. The molecule has 3 heteroatoms. The van der Waals surface area contributed by atoms with E-state index in [1.54, 1.807) is 0 Å². The second kappa shape index (κ2) is 7.29. The first kappa shape index (κ1) is 14.1. The van der Waals surface area contributed by atoms with E-state index in [-0.39, 0.29) is 5.97 Å². The van der Waals surface area contributed by atoms with Crippen molar-refractivity contribution in [2.24, 2.45) is 0 Å². The van der Waals surface area contributed by atoms with Gasteiger partial charge in [0.2, 0.25) is 0 Å². The molecule has 0 unspecified atom stereocenters. The Bertz CT molecular complexity index is 391. The van der Waals surface area contributed by atoms with Crippen LogP contribution in [0, 0.1) is 0 Å². The van der Waals surface area contributed by atoms with Gasteiger partial charge in [0.25, 0.3) is 0 Å². The monoisotopic (exact) mass is 262 g/mol. The fraction of sp³-hybridized carbons (Fsp3) is 0.562. The smallest absolute Gasteiger partial charge is 0.337 e. The fourth-order valence-corrected chi connectivity index (χ4v) is 2.50. The van der Waals surface area contributed by atoms with Gasteiger partial charge in [0.1, 0.15) is 0 Å². The van der Waals surface area contributed by atoms with Crippen LogP contribution in [-0.2, 0) is 15.9 Å². The molecular weight excluding hydrogens is 240 g/mol. The zero-order valence-corrected chi connectivity index (χ0v) is 11.6. The van der Waals surface area contributed by atoms with Crippen LogP contribution in [0.2, 0.25) is 0 Å². The molecule has 3 nitrogen and oxygen atoms in total. The normalized spacial score (nSPS) is 16.3. The molecule has 1 saturated carbocycles. The van der Waals surface area contributed by atoms with Crippen LogP contribution in [0.3, 0.4) is 0 Å². The van der Waals surface area contributed by atoms with Crippen molar-refractivity contribution in [3.63, 3.8) is 0 Å². The Morgan fingerprint density at radius 1 is 1.16 bits per heavy atom. The van der Waals surface area contributed by atoms with Crippen molar-refractivity contribution in [3.8, 4) is 0 Å². The second-order valence-electron chi connectivity index (χ2n) is 5.07. The summed E-state index contributed by atoms with van der Waals surface area (Å²) in [6, 6.07) is 7.55. The van der Waals surface area contributed by atoms with Gasteiger partial charge in [0, 0.05) is 0 Å². The van der Waals surface area contributed by atoms with Crippen LogP contribution >= 0.6 is 0 Å². The number of esters is 1. The molecule has 2 rings (SSSR count). The summed E-state index contributed by atoms with van der Waals surface area (Å²) in [5.41, 5.74) is 1.79. The maximum atomic E-state index is 11.3. The minimum atomic E-state index is -0.287. The summed E-state index contributed by atoms with van der Waals surface area (Å²) in [6.07, 6.45) is 7.75. The highest BCUT2D eigenvalue weighted by molar-refractivity contribution is 5.89. The van der Waals surface area contributed by atoms with Crippen molar-refractivity contribution in [1.29, 1.82) is 0 Å². The maximum Gasteiger partial charge on any atom is 0.337 e. The van der Waals surface area contributed by atoms with Gasteiger partial charge in [-0.2, -0.15) is 0 Å². The first-order chi connectivity index (χ1) is 9.29. The van der Waals surface area contributed by atoms with Gasteiger partial charge in [0.05, 0.1) is 25.4 Å². The molecule has 0 bridgehead atoms. The molecule has 0 amide bonds. The van der Waals surface area contributed by atoms with Crippen LogP contribution in [0.4, 0.5) is 0 Å². The number of ether oxygens (including phenoxy) is 2. The van der Waals surface area contributed by atoms with Crippen molar-refractivity contribution in [2.45, 2.75) is 44.6 Å². The van der Waals surface area contributed by atoms with E-state index in [4.69, 9.17) is 4.74 Å². The third-order valence-electron chi connectivity index (χ3n) is 3.67. The first-order valence-corrected chi connectivity index (χ1v) is 7.08. The van der Waals surface area contributed by atoms with Crippen LogP contribution < -0.4 is 0 Å². The highest BCUT2D eigenvalue weighted by atomic mass is 16.5. The molecular formula is C16H22O3. The molecule has 0 aromatic heterocycles. The Morgan fingerprint density at radius 2 is 1.84 bits per heavy atom. The minimum absolute atomic E-state index is 0.287. The predicted octanol–water partition coefficient (Wildman–Crippen LogP) is 3.37. The molecule has 0 N–H and O–H groups in total. The zero-order chi connectivity index (χ0) is 13.5. The van der Waals surface area contributed by atoms with Gasteiger partial charge in [-0.15, -0.1) is 0 Å². The van der Waals surface area contributed by atoms with E-state index in [0.717, 1.165) is 13.0 Å². The quantitative estimate of drug-likeness (QED) is 0.763. The Labute approximate surface area is 114 Å². The number of hydrogen-bond donors (Lipinski definition) is 0. The second-order valence-corrected chi connectivity index (χ2v) is 5.07. The van der Waals surface area contributed by atoms with E-state index < -0.39 is 0 Å². The Morgan fingerprint density at radius 3 is 2.47 bits per heavy atom. The van der Waals surface area contributed by atoms with Crippen molar-refractivity contribution in [1.82, 2.24) is 0 Å². The van der Waals surface area contributed by atoms with Crippen LogP contribution in [0.15, 0.2) is 24.3 Å². The highest BCUT2D eigenvalue weighted by Crippen LogP contribution is 2.20. The molecule has 19 heavy (non-hydrogen) atoms. The molecule has 1 aliphatic rings. The highest BCUT2D eigenvalue weighted by Gasteiger charge is 2.13. The molecule has 0 saturated heterocycles. The van der Waals surface area contributed by atoms with Gasteiger partial charge in [-0.25, -0.2) is 4.79 Å². The molecule has 1 fully saturated rings. The summed E-state index contributed by atoms with van der Waals surface area (Å²) in [5, 5.41) is 0. The number of methoxy groups -OCH3 is 1. The number of rotatable bonds is 5. The summed E-state index contributed by atoms with van der Waals surface area (Å²) in [7, 11) is 1.40. The number of benzene rings is 1. The molecule has 0 heterocycles. The van der Waals surface area contributed by atoms with Crippen LogP contribution in [-0.4, -0.2) is 25.8 Å². The first-order valence-electron chi connectivity index (χ1n) is 7.08. The lowest BCUT2D eigenvalue weighted by Gasteiger charge is -2.21. The predicted molar refractivity (Wildman–Crippen MR) is 74.3 cm³/mol. The third-order valence-corrected chi connectivity index (χ3v) is 3.67. The standard InChI is InChI=1S/C16H22O3/c1-18-16(17)14-9-7-13(8-10-14)11-12-19-15-5-3-2-4-6-15/h7-10,15H,2-6,11-12H2,1H3. The Hall–Kier alpha value is -1.35. The van der Waals surface area contributed by atoms with Crippen LogP contribution in [0.5, 0.6) is 0 Å². The average molecular weight is 262 g/mol. The number of carbonyl (C=O) groups is 1. The lowest BCUT2D eigenvalue weighted by Crippen LogP contribution is -2.17. The average Bonchev–Trinajstić information content (AvgIpc) is 2.48. The molecule has 1 aromatic rings. The van der Waals surface area contributed by atoms with E-state index in [1.807, 2.05) is 24.3 Å². The molecule has 0 aliphatic heterocycles. The molecule has 0 radical (unpaired) electrons. The topological polar surface area (TPSA) is 35.5 Å². The van der Waals surface area contributed by atoms with Gasteiger partial charge in [-0.05, 0) is 37.0 Å². The van der Waals surface area contributed by atoms with Gasteiger partial charge in [-0.1, -0.05) is 31.4 Å². The maximum absolute atomic E-state index is 11.3. The number of carbonyl (C=O) groups excluding carboxylic acids is 1. The van der Waals surface area contributed by atoms with Crippen molar-refractivity contribution >= 4 is 5.97 Å². The summed E-state index contributed by atoms with van der Waals surface area (Å²) < 4.78 is 10.6. The van der Waals surface area contributed by atoms with Crippen LogP contribution in [0.25, 0.3) is 0 Å². The molecule has 1 aliphatic carbocycles.